The first kappa shape index (κ1) is 13.5. The molecule has 1 fully saturated rings. The standard InChI is InChI=1S/C17H15NO3S/c19-15(9-4-2-1-3-5-9)18-16-13(17(20)21)12-10-6-7-11(8-10)14(12)22-16/h1-5,10-11H,6-8H2,(H,18,19)(H,20,21). The van der Waals surface area contributed by atoms with Gasteiger partial charge >= 0.3 is 5.97 Å². The minimum absolute atomic E-state index is 0.254. The molecule has 2 unspecified atom stereocenters. The zero-order chi connectivity index (χ0) is 15.3. The molecule has 4 rings (SSSR count). The highest BCUT2D eigenvalue weighted by Gasteiger charge is 2.43. The summed E-state index contributed by atoms with van der Waals surface area (Å²) in [5.41, 5.74) is 1.84. The van der Waals surface area contributed by atoms with Gasteiger partial charge in [0.1, 0.15) is 5.00 Å². The van der Waals surface area contributed by atoms with Crippen molar-refractivity contribution >= 4 is 28.2 Å². The van der Waals surface area contributed by atoms with Crippen molar-refractivity contribution in [2.24, 2.45) is 0 Å². The summed E-state index contributed by atoms with van der Waals surface area (Å²) in [5, 5.41) is 12.9. The first-order valence-corrected chi connectivity index (χ1v) is 8.23. The lowest BCUT2D eigenvalue weighted by atomic mass is 9.95. The molecule has 5 heteroatoms. The number of rotatable bonds is 3. The van der Waals surface area contributed by atoms with E-state index < -0.39 is 5.97 Å². The summed E-state index contributed by atoms with van der Waals surface area (Å²) in [6.07, 6.45) is 3.29. The Balaban J connectivity index is 1.71. The number of carbonyl (C=O) groups excluding carboxylic acids is 1. The summed E-state index contributed by atoms with van der Waals surface area (Å²) in [5.74, 6) is -0.334. The van der Waals surface area contributed by atoms with Crippen LogP contribution in [0, 0.1) is 0 Å². The summed E-state index contributed by atoms with van der Waals surface area (Å²) in [7, 11) is 0. The lowest BCUT2D eigenvalue weighted by molar-refractivity contribution is 0.0697. The zero-order valence-electron chi connectivity index (χ0n) is 11.8. The second-order valence-corrected chi connectivity index (χ2v) is 6.97. The zero-order valence-corrected chi connectivity index (χ0v) is 12.7. The third-order valence-corrected chi connectivity index (χ3v) is 5.95. The second kappa shape index (κ2) is 4.95. The second-order valence-electron chi connectivity index (χ2n) is 5.92. The number of aromatic carboxylic acids is 1. The van der Waals surface area contributed by atoms with Crippen molar-refractivity contribution in [2.45, 2.75) is 31.1 Å². The SMILES string of the molecule is O=C(Nc1sc2c(c1C(=O)O)C1CCC2C1)c1ccccc1. The van der Waals surface area contributed by atoms with E-state index in [4.69, 9.17) is 0 Å². The van der Waals surface area contributed by atoms with Crippen molar-refractivity contribution in [3.63, 3.8) is 0 Å². The van der Waals surface area contributed by atoms with Gasteiger partial charge in [-0.3, -0.25) is 4.79 Å². The molecule has 1 amide bonds. The smallest absolute Gasteiger partial charge is 0.339 e. The Hall–Kier alpha value is -2.14. The Morgan fingerprint density at radius 1 is 1.14 bits per heavy atom. The van der Waals surface area contributed by atoms with Crippen LogP contribution in [0.1, 0.15) is 62.3 Å². The molecule has 2 atom stereocenters. The number of hydrogen-bond donors (Lipinski definition) is 2. The van der Waals surface area contributed by atoms with E-state index in [1.807, 2.05) is 6.07 Å². The van der Waals surface area contributed by atoms with E-state index in [9.17, 15) is 14.7 Å². The van der Waals surface area contributed by atoms with Crippen LogP contribution < -0.4 is 5.32 Å². The van der Waals surface area contributed by atoms with Crippen molar-refractivity contribution in [3.05, 3.63) is 51.9 Å². The maximum Gasteiger partial charge on any atom is 0.339 e. The summed E-state index contributed by atoms with van der Waals surface area (Å²) >= 11 is 1.45. The predicted molar refractivity (Wildman–Crippen MR) is 85.0 cm³/mol. The van der Waals surface area contributed by atoms with Crippen LogP contribution in [0.4, 0.5) is 5.00 Å². The van der Waals surface area contributed by atoms with E-state index >= 15 is 0 Å². The molecule has 2 N–H and O–H groups in total. The van der Waals surface area contributed by atoms with E-state index in [0.29, 0.717) is 28.0 Å². The summed E-state index contributed by atoms with van der Waals surface area (Å²) in [6, 6.07) is 8.88. The molecular formula is C17H15NO3S. The van der Waals surface area contributed by atoms with Gasteiger partial charge in [0, 0.05) is 10.4 Å². The fourth-order valence-corrected chi connectivity index (χ4v) is 5.14. The number of amides is 1. The highest BCUT2D eigenvalue weighted by molar-refractivity contribution is 7.17. The largest absolute Gasteiger partial charge is 0.478 e. The van der Waals surface area contributed by atoms with Gasteiger partial charge in [-0.05, 0) is 48.8 Å². The molecule has 2 aliphatic carbocycles. The third-order valence-electron chi connectivity index (χ3n) is 4.66. The van der Waals surface area contributed by atoms with E-state index in [2.05, 4.69) is 5.32 Å². The van der Waals surface area contributed by atoms with Crippen molar-refractivity contribution in [2.75, 3.05) is 5.32 Å². The summed E-state index contributed by atoms with van der Waals surface area (Å²) in [4.78, 5) is 25.2. The number of benzene rings is 1. The average Bonchev–Trinajstić information content (AvgIpc) is 3.18. The van der Waals surface area contributed by atoms with Crippen LogP contribution in [0.2, 0.25) is 0 Å². The molecule has 0 radical (unpaired) electrons. The van der Waals surface area contributed by atoms with E-state index in [1.54, 1.807) is 24.3 Å². The van der Waals surface area contributed by atoms with Crippen LogP contribution in [-0.4, -0.2) is 17.0 Å². The Labute approximate surface area is 131 Å². The molecule has 1 saturated carbocycles. The number of thiophene rings is 1. The van der Waals surface area contributed by atoms with Crippen LogP contribution in [0.25, 0.3) is 0 Å². The van der Waals surface area contributed by atoms with E-state index in [1.165, 1.54) is 16.2 Å². The van der Waals surface area contributed by atoms with Gasteiger partial charge in [-0.2, -0.15) is 0 Å². The molecule has 1 aromatic carbocycles. The first-order chi connectivity index (χ1) is 10.6. The van der Waals surface area contributed by atoms with Crippen LogP contribution in [-0.2, 0) is 0 Å². The highest BCUT2D eigenvalue weighted by atomic mass is 32.1. The van der Waals surface area contributed by atoms with Crippen LogP contribution in [0.5, 0.6) is 0 Å². The fraction of sp³-hybridized carbons (Fsp3) is 0.294. The fourth-order valence-electron chi connectivity index (χ4n) is 3.72. The number of nitrogens with one attached hydrogen (secondary N) is 1. The van der Waals surface area contributed by atoms with Gasteiger partial charge in [-0.1, -0.05) is 18.2 Å². The molecule has 112 valence electrons. The highest BCUT2D eigenvalue weighted by Crippen LogP contribution is 2.58. The Bertz CT molecular complexity index is 766. The summed E-state index contributed by atoms with van der Waals surface area (Å²) < 4.78 is 0. The van der Waals surface area contributed by atoms with Gasteiger partial charge in [0.2, 0.25) is 0 Å². The number of fused-ring (bicyclic) bond motifs is 5. The Kier molecular flexibility index (Phi) is 3.04. The maximum atomic E-state index is 12.3. The average molecular weight is 313 g/mol. The molecule has 22 heavy (non-hydrogen) atoms. The lowest BCUT2D eigenvalue weighted by Gasteiger charge is -2.10. The first-order valence-electron chi connectivity index (χ1n) is 7.41. The monoisotopic (exact) mass is 313 g/mol. The van der Waals surface area contributed by atoms with Crippen molar-refractivity contribution in [1.82, 2.24) is 0 Å². The van der Waals surface area contributed by atoms with Gasteiger partial charge in [-0.25, -0.2) is 4.79 Å². The number of carboxylic acid groups (broad SMARTS) is 1. The topological polar surface area (TPSA) is 66.4 Å². The molecule has 2 aromatic rings. The van der Waals surface area contributed by atoms with Gasteiger partial charge in [0.05, 0.1) is 5.56 Å². The minimum Gasteiger partial charge on any atom is -0.478 e. The van der Waals surface area contributed by atoms with Crippen LogP contribution in [0.15, 0.2) is 30.3 Å². The molecule has 1 heterocycles. The Morgan fingerprint density at radius 3 is 2.59 bits per heavy atom. The molecule has 2 aliphatic rings. The van der Waals surface area contributed by atoms with Gasteiger partial charge < -0.3 is 10.4 Å². The summed E-state index contributed by atoms with van der Waals surface area (Å²) in [6.45, 7) is 0. The van der Waals surface area contributed by atoms with Crippen molar-refractivity contribution < 1.29 is 14.7 Å². The quantitative estimate of drug-likeness (QED) is 0.898. The van der Waals surface area contributed by atoms with Crippen LogP contribution in [0.3, 0.4) is 0 Å². The molecular weight excluding hydrogens is 298 g/mol. The van der Waals surface area contributed by atoms with Gasteiger partial charge in [0.25, 0.3) is 5.91 Å². The number of anilines is 1. The van der Waals surface area contributed by atoms with Gasteiger partial charge in [0.15, 0.2) is 0 Å². The predicted octanol–water partition coefficient (Wildman–Crippen LogP) is 4.06. The van der Waals surface area contributed by atoms with E-state index in [-0.39, 0.29) is 5.91 Å². The van der Waals surface area contributed by atoms with Gasteiger partial charge in [-0.15, -0.1) is 11.3 Å². The molecule has 4 nitrogen and oxygen atoms in total. The molecule has 0 spiro atoms. The lowest BCUT2D eigenvalue weighted by Crippen LogP contribution is -2.14. The molecule has 2 bridgehead atoms. The third kappa shape index (κ3) is 1.96. The number of carboxylic acids is 1. The number of hydrogen-bond acceptors (Lipinski definition) is 3. The maximum absolute atomic E-state index is 12.3. The minimum atomic E-state index is -0.937. The van der Waals surface area contributed by atoms with Crippen molar-refractivity contribution in [1.29, 1.82) is 0 Å². The molecule has 1 aromatic heterocycles. The number of carbonyl (C=O) groups is 2. The Morgan fingerprint density at radius 2 is 1.86 bits per heavy atom. The van der Waals surface area contributed by atoms with Crippen LogP contribution >= 0.6 is 11.3 Å². The van der Waals surface area contributed by atoms with Crippen molar-refractivity contribution in [3.8, 4) is 0 Å². The normalized spacial score (nSPS) is 21.6. The molecule has 0 aliphatic heterocycles. The molecule has 0 saturated heterocycles. The van der Waals surface area contributed by atoms with E-state index in [0.717, 1.165) is 24.8 Å².